The largest absolute Gasteiger partial charge is 0.481 e. The Bertz CT molecular complexity index is 1070. The Morgan fingerprint density at radius 2 is 1.65 bits per heavy atom. The highest BCUT2D eigenvalue weighted by molar-refractivity contribution is 5.84. The molecule has 4 fully saturated rings. The smallest absolute Gasteiger partial charge is 0.303 e. The highest BCUT2D eigenvalue weighted by Crippen LogP contribution is 2.75. The molecule has 0 bridgehead atoms. The molecule has 0 aliphatic heterocycles. The lowest BCUT2D eigenvalue weighted by molar-refractivity contribution is -0.215. The summed E-state index contributed by atoms with van der Waals surface area (Å²) in [5.41, 5.74) is 1.03. The second-order valence-electron chi connectivity index (χ2n) is 16.3. The second kappa shape index (κ2) is 9.82. The average Bonchev–Trinajstić information content (AvgIpc) is 2.89. The fourth-order valence-corrected chi connectivity index (χ4v) is 11.3. The van der Waals surface area contributed by atoms with Crippen molar-refractivity contribution in [3.63, 3.8) is 0 Å². The fraction of sp³-hybridized carbons (Fsp3) is 0.882. The number of nitrogens with one attached hydrogen (secondary N) is 1. The van der Waals surface area contributed by atoms with E-state index in [1.54, 1.807) is 0 Å². The molecule has 5 aliphatic rings. The van der Waals surface area contributed by atoms with E-state index in [1.807, 2.05) is 0 Å². The van der Waals surface area contributed by atoms with Gasteiger partial charge in [0, 0.05) is 18.4 Å². The zero-order chi connectivity index (χ0) is 29.4. The van der Waals surface area contributed by atoms with Gasteiger partial charge >= 0.3 is 5.97 Å². The molecule has 0 saturated heterocycles. The van der Waals surface area contributed by atoms with E-state index < -0.39 is 22.9 Å². The van der Waals surface area contributed by atoms with Crippen LogP contribution < -0.4 is 5.32 Å². The number of allylic oxidation sites excluding steroid dienone is 2. The van der Waals surface area contributed by atoms with E-state index in [4.69, 9.17) is 5.11 Å². The number of aliphatic hydroxyl groups excluding tert-OH is 2. The van der Waals surface area contributed by atoms with E-state index in [-0.39, 0.29) is 46.5 Å². The van der Waals surface area contributed by atoms with Gasteiger partial charge in [-0.05, 0) is 110 Å². The molecule has 40 heavy (non-hydrogen) atoms. The van der Waals surface area contributed by atoms with Crippen LogP contribution in [0.1, 0.15) is 119 Å². The first-order valence-corrected chi connectivity index (χ1v) is 16.1. The van der Waals surface area contributed by atoms with Crippen molar-refractivity contribution >= 4 is 11.9 Å². The van der Waals surface area contributed by atoms with Crippen LogP contribution in [0.3, 0.4) is 0 Å². The van der Waals surface area contributed by atoms with Crippen LogP contribution in [0.2, 0.25) is 0 Å². The zero-order valence-electron chi connectivity index (χ0n) is 25.9. The van der Waals surface area contributed by atoms with Crippen molar-refractivity contribution in [1.82, 2.24) is 5.32 Å². The Morgan fingerprint density at radius 3 is 2.33 bits per heavy atom. The summed E-state index contributed by atoms with van der Waals surface area (Å²) in [4.78, 5) is 25.0. The molecular formula is C34H55NO5. The van der Waals surface area contributed by atoms with Crippen molar-refractivity contribution in [2.45, 2.75) is 125 Å². The summed E-state index contributed by atoms with van der Waals surface area (Å²) in [5, 5.41) is 33.7. The standard InChI is InChI=1S/C34H55NO5/c1-29(2)15-17-34(28(40)35-19-7-8-27(38)39)18-16-32(5)22(23(34)20-29)9-10-25-30(3)13-12-26(37)31(4,21-36)24(30)11-14-33(25,32)6/h9,23-26,36-37H,7-8,10-21H2,1-6H3,(H,35,40)(H,38,39)/t23-,24+,25+,26-,30-,31-,32+,33+,34-/m0/s1. The van der Waals surface area contributed by atoms with Crippen LogP contribution in [0, 0.1) is 50.2 Å². The summed E-state index contributed by atoms with van der Waals surface area (Å²) >= 11 is 0. The molecule has 0 spiro atoms. The Kier molecular flexibility index (Phi) is 7.39. The maximum absolute atomic E-state index is 14.0. The highest BCUT2D eigenvalue weighted by atomic mass is 16.4. The third-order valence-corrected chi connectivity index (χ3v) is 14.1. The molecule has 0 unspecified atom stereocenters. The summed E-state index contributed by atoms with van der Waals surface area (Å²) in [6, 6.07) is 0. The lowest BCUT2D eigenvalue weighted by atomic mass is 9.33. The minimum Gasteiger partial charge on any atom is -0.481 e. The molecule has 5 rings (SSSR count). The minimum absolute atomic E-state index is 0.0146. The second-order valence-corrected chi connectivity index (χ2v) is 16.3. The van der Waals surface area contributed by atoms with E-state index in [1.165, 1.54) is 5.57 Å². The van der Waals surface area contributed by atoms with Crippen molar-refractivity contribution in [3.8, 4) is 0 Å². The first-order valence-electron chi connectivity index (χ1n) is 16.1. The van der Waals surface area contributed by atoms with Gasteiger partial charge in [-0.15, -0.1) is 0 Å². The number of carbonyl (C=O) groups excluding carboxylic acids is 1. The van der Waals surface area contributed by atoms with Crippen molar-refractivity contribution < 1.29 is 24.9 Å². The predicted molar refractivity (Wildman–Crippen MR) is 156 cm³/mol. The first-order chi connectivity index (χ1) is 18.6. The molecule has 226 valence electrons. The molecular weight excluding hydrogens is 502 g/mol. The van der Waals surface area contributed by atoms with Crippen molar-refractivity contribution in [1.29, 1.82) is 0 Å². The van der Waals surface area contributed by atoms with Gasteiger partial charge in [-0.1, -0.05) is 53.2 Å². The van der Waals surface area contributed by atoms with E-state index in [0.717, 1.165) is 64.2 Å². The number of aliphatic hydroxyl groups is 2. The van der Waals surface area contributed by atoms with Crippen LogP contribution in [0.5, 0.6) is 0 Å². The van der Waals surface area contributed by atoms with Gasteiger partial charge in [0.2, 0.25) is 5.91 Å². The van der Waals surface area contributed by atoms with Gasteiger partial charge < -0.3 is 20.6 Å². The van der Waals surface area contributed by atoms with Crippen LogP contribution >= 0.6 is 0 Å². The molecule has 4 saturated carbocycles. The molecule has 5 aliphatic carbocycles. The lowest BCUT2D eigenvalue weighted by Gasteiger charge is -2.71. The molecule has 0 aromatic heterocycles. The Balaban J connectivity index is 1.50. The molecule has 4 N–H and O–H groups in total. The molecule has 9 atom stereocenters. The number of fused-ring (bicyclic) bond motifs is 7. The van der Waals surface area contributed by atoms with Gasteiger partial charge in [-0.3, -0.25) is 9.59 Å². The number of hydrogen-bond donors (Lipinski definition) is 4. The number of aliphatic carboxylic acids is 1. The normalized spacial score (nSPS) is 47.5. The summed E-state index contributed by atoms with van der Waals surface area (Å²) in [5.74, 6) is 0.333. The Labute approximate surface area is 241 Å². The third-order valence-electron chi connectivity index (χ3n) is 14.1. The molecule has 6 nitrogen and oxygen atoms in total. The Morgan fingerprint density at radius 1 is 0.950 bits per heavy atom. The number of rotatable bonds is 6. The van der Waals surface area contributed by atoms with Gasteiger partial charge in [0.25, 0.3) is 0 Å². The van der Waals surface area contributed by atoms with E-state index >= 15 is 0 Å². The fourth-order valence-electron chi connectivity index (χ4n) is 11.3. The molecule has 0 radical (unpaired) electrons. The van der Waals surface area contributed by atoms with E-state index in [2.05, 4.69) is 52.9 Å². The van der Waals surface area contributed by atoms with Crippen LogP contribution in [0.25, 0.3) is 0 Å². The van der Waals surface area contributed by atoms with Crippen molar-refractivity contribution in [3.05, 3.63) is 11.6 Å². The zero-order valence-corrected chi connectivity index (χ0v) is 25.9. The Hall–Kier alpha value is -1.40. The maximum Gasteiger partial charge on any atom is 0.303 e. The summed E-state index contributed by atoms with van der Waals surface area (Å²) < 4.78 is 0. The number of carbonyl (C=O) groups is 2. The SMILES string of the molecule is CC1(C)CC[C@]2(C(=O)NCCCC(=O)O)CC[C@]3(C)C(=CC[C@@H]4[C@@]5(C)CC[C@H](O)[C@@](C)(CO)[C@@H]5CC[C@]43C)[C@@H]2C1. The molecule has 0 aromatic carbocycles. The summed E-state index contributed by atoms with van der Waals surface area (Å²) in [6.07, 6.45) is 12.4. The predicted octanol–water partition coefficient (Wildman–Crippen LogP) is 6.10. The molecule has 0 aromatic rings. The van der Waals surface area contributed by atoms with Crippen molar-refractivity contribution in [2.24, 2.45) is 50.2 Å². The summed E-state index contributed by atoms with van der Waals surface area (Å²) in [7, 11) is 0. The molecule has 0 heterocycles. The van der Waals surface area contributed by atoms with Crippen LogP contribution in [0.15, 0.2) is 11.6 Å². The van der Waals surface area contributed by atoms with E-state index in [9.17, 15) is 19.8 Å². The number of carboxylic acids is 1. The maximum atomic E-state index is 14.0. The van der Waals surface area contributed by atoms with Crippen LogP contribution in [0.4, 0.5) is 0 Å². The molecule has 6 heteroatoms. The van der Waals surface area contributed by atoms with Gasteiger partial charge in [0.1, 0.15) is 0 Å². The van der Waals surface area contributed by atoms with Gasteiger partial charge in [0.15, 0.2) is 0 Å². The van der Waals surface area contributed by atoms with E-state index in [0.29, 0.717) is 24.8 Å². The van der Waals surface area contributed by atoms with Gasteiger partial charge in [-0.25, -0.2) is 0 Å². The third kappa shape index (κ3) is 4.16. The van der Waals surface area contributed by atoms with Crippen molar-refractivity contribution in [2.75, 3.05) is 13.2 Å². The average molecular weight is 558 g/mol. The highest BCUT2D eigenvalue weighted by Gasteiger charge is 2.69. The molecule has 1 amide bonds. The van der Waals surface area contributed by atoms with Crippen LogP contribution in [-0.4, -0.2) is 46.5 Å². The van der Waals surface area contributed by atoms with Gasteiger partial charge in [-0.2, -0.15) is 0 Å². The summed E-state index contributed by atoms with van der Waals surface area (Å²) in [6.45, 7) is 14.8. The first kappa shape index (κ1) is 30.1. The number of carboxylic acid groups (broad SMARTS) is 1. The monoisotopic (exact) mass is 557 g/mol. The lowest BCUT2D eigenvalue weighted by Crippen LogP contribution is -2.66. The van der Waals surface area contributed by atoms with Gasteiger partial charge in [0.05, 0.1) is 18.1 Å². The number of amides is 1. The quantitative estimate of drug-likeness (QED) is 0.233. The minimum atomic E-state index is -0.816. The number of hydrogen-bond acceptors (Lipinski definition) is 4. The van der Waals surface area contributed by atoms with Crippen LogP contribution in [-0.2, 0) is 9.59 Å². The topological polar surface area (TPSA) is 107 Å².